The van der Waals surface area contributed by atoms with Gasteiger partial charge in [0.05, 0.1) is 0 Å². The SMILES string of the molecule is CCCCC(NC(=O)/C(C)=C\C(=O)Nc1ccc(C(C)=O)cc1)C(=O)O. The van der Waals surface area contributed by atoms with Crippen molar-refractivity contribution in [2.24, 2.45) is 0 Å². The monoisotopic (exact) mass is 360 g/mol. The molecular weight excluding hydrogens is 336 g/mol. The summed E-state index contributed by atoms with van der Waals surface area (Å²) >= 11 is 0. The van der Waals surface area contributed by atoms with E-state index >= 15 is 0 Å². The highest BCUT2D eigenvalue weighted by molar-refractivity contribution is 6.06. The number of ketones is 1. The van der Waals surface area contributed by atoms with E-state index in [4.69, 9.17) is 5.11 Å². The lowest BCUT2D eigenvalue weighted by molar-refractivity contribution is -0.141. The smallest absolute Gasteiger partial charge is 0.326 e. The van der Waals surface area contributed by atoms with Crippen molar-refractivity contribution in [2.45, 2.75) is 46.1 Å². The van der Waals surface area contributed by atoms with Crippen molar-refractivity contribution in [1.82, 2.24) is 5.32 Å². The zero-order valence-electron chi connectivity index (χ0n) is 15.2. The maximum absolute atomic E-state index is 12.1. The highest BCUT2D eigenvalue weighted by Crippen LogP contribution is 2.10. The molecule has 0 aromatic heterocycles. The third-order valence-corrected chi connectivity index (χ3v) is 3.71. The molecule has 2 amide bonds. The molecule has 0 aliphatic rings. The lowest BCUT2D eigenvalue weighted by Gasteiger charge is -2.14. The molecule has 0 aliphatic heterocycles. The van der Waals surface area contributed by atoms with Crippen LogP contribution >= 0.6 is 0 Å². The van der Waals surface area contributed by atoms with E-state index in [1.54, 1.807) is 24.3 Å². The summed E-state index contributed by atoms with van der Waals surface area (Å²) in [6, 6.07) is 5.37. The predicted molar refractivity (Wildman–Crippen MR) is 97.9 cm³/mol. The number of amides is 2. The second-order valence-corrected chi connectivity index (χ2v) is 5.96. The van der Waals surface area contributed by atoms with Crippen molar-refractivity contribution < 1.29 is 24.3 Å². The fourth-order valence-electron chi connectivity index (χ4n) is 2.17. The van der Waals surface area contributed by atoms with Crippen LogP contribution in [0.1, 0.15) is 50.4 Å². The molecule has 7 heteroatoms. The summed E-state index contributed by atoms with van der Waals surface area (Å²) in [5.74, 6) is -2.30. The third-order valence-electron chi connectivity index (χ3n) is 3.71. The Morgan fingerprint density at radius 1 is 1.12 bits per heavy atom. The molecule has 26 heavy (non-hydrogen) atoms. The van der Waals surface area contributed by atoms with Gasteiger partial charge >= 0.3 is 5.97 Å². The minimum absolute atomic E-state index is 0.0775. The number of anilines is 1. The minimum Gasteiger partial charge on any atom is -0.480 e. The van der Waals surface area contributed by atoms with Crippen molar-refractivity contribution >= 4 is 29.3 Å². The first kappa shape index (κ1) is 21.1. The van der Waals surface area contributed by atoms with Crippen molar-refractivity contribution in [3.8, 4) is 0 Å². The normalized spacial score (nSPS) is 12.2. The summed E-state index contributed by atoms with van der Waals surface area (Å²) in [7, 11) is 0. The van der Waals surface area contributed by atoms with Gasteiger partial charge in [0, 0.05) is 22.9 Å². The molecule has 1 atom stereocenters. The van der Waals surface area contributed by atoms with E-state index in [-0.39, 0.29) is 11.4 Å². The predicted octanol–water partition coefficient (Wildman–Crippen LogP) is 2.53. The first-order chi connectivity index (χ1) is 12.2. The van der Waals surface area contributed by atoms with Crippen LogP contribution in [-0.2, 0) is 14.4 Å². The average molecular weight is 360 g/mol. The zero-order chi connectivity index (χ0) is 19.7. The number of carbonyl (C=O) groups is 4. The molecule has 7 nitrogen and oxygen atoms in total. The Bertz CT molecular complexity index is 707. The number of unbranched alkanes of at least 4 members (excludes halogenated alkanes) is 1. The van der Waals surface area contributed by atoms with E-state index in [9.17, 15) is 19.2 Å². The van der Waals surface area contributed by atoms with Crippen LogP contribution < -0.4 is 10.6 Å². The highest BCUT2D eigenvalue weighted by atomic mass is 16.4. The molecular formula is C19H24N2O5. The molecule has 140 valence electrons. The van der Waals surface area contributed by atoms with Gasteiger partial charge in [-0.15, -0.1) is 0 Å². The molecule has 0 heterocycles. The Balaban J connectivity index is 2.68. The number of carboxylic acid groups (broad SMARTS) is 1. The Hall–Kier alpha value is -2.96. The maximum atomic E-state index is 12.1. The van der Waals surface area contributed by atoms with E-state index in [1.165, 1.54) is 13.8 Å². The standard InChI is InChI=1S/C19H24N2O5/c1-4-5-6-16(19(25)26)21-18(24)12(2)11-17(23)20-15-9-7-14(8-10-15)13(3)22/h7-11,16H,4-6H2,1-3H3,(H,20,23)(H,21,24)(H,25,26)/b12-11-. The largest absolute Gasteiger partial charge is 0.480 e. The fraction of sp³-hybridized carbons (Fsp3) is 0.368. The number of Topliss-reactive ketones (excluding diaryl/α,β-unsaturated/α-hetero) is 1. The summed E-state index contributed by atoms with van der Waals surface area (Å²) in [6.07, 6.45) is 2.93. The average Bonchev–Trinajstić information content (AvgIpc) is 2.58. The first-order valence-corrected chi connectivity index (χ1v) is 8.38. The Kier molecular flexibility index (Phi) is 8.21. The van der Waals surface area contributed by atoms with Crippen molar-refractivity contribution in [3.63, 3.8) is 0 Å². The van der Waals surface area contributed by atoms with E-state index in [1.807, 2.05) is 6.92 Å². The van der Waals surface area contributed by atoms with Crippen LogP contribution in [0.5, 0.6) is 0 Å². The Morgan fingerprint density at radius 3 is 2.23 bits per heavy atom. The van der Waals surface area contributed by atoms with Gasteiger partial charge in [0.2, 0.25) is 11.8 Å². The number of nitrogens with one attached hydrogen (secondary N) is 2. The Labute approximate surface area is 152 Å². The van der Waals surface area contributed by atoms with E-state index < -0.39 is 23.8 Å². The van der Waals surface area contributed by atoms with Crippen LogP contribution in [0.15, 0.2) is 35.9 Å². The van der Waals surface area contributed by atoms with Crippen molar-refractivity contribution in [3.05, 3.63) is 41.5 Å². The topological polar surface area (TPSA) is 113 Å². The maximum Gasteiger partial charge on any atom is 0.326 e. The first-order valence-electron chi connectivity index (χ1n) is 8.38. The molecule has 0 aliphatic carbocycles. The molecule has 1 aromatic rings. The molecule has 0 radical (unpaired) electrons. The number of hydrogen-bond acceptors (Lipinski definition) is 4. The number of aliphatic carboxylic acids is 1. The van der Waals surface area contributed by atoms with Gasteiger partial charge in [0.15, 0.2) is 5.78 Å². The fourth-order valence-corrected chi connectivity index (χ4v) is 2.17. The van der Waals surface area contributed by atoms with Crippen LogP contribution in [0.4, 0.5) is 5.69 Å². The summed E-state index contributed by atoms with van der Waals surface area (Å²) in [4.78, 5) is 46.4. The van der Waals surface area contributed by atoms with Gasteiger partial charge in [-0.1, -0.05) is 19.8 Å². The van der Waals surface area contributed by atoms with Gasteiger partial charge in [-0.3, -0.25) is 14.4 Å². The Morgan fingerprint density at radius 2 is 1.73 bits per heavy atom. The lowest BCUT2D eigenvalue weighted by Crippen LogP contribution is -2.41. The summed E-state index contributed by atoms with van der Waals surface area (Å²) in [6.45, 7) is 4.81. The molecule has 1 rings (SSSR count). The van der Waals surface area contributed by atoms with Gasteiger partial charge in [0.1, 0.15) is 6.04 Å². The molecule has 0 bridgehead atoms. The number of carboxylic acids is 1. The molecule has 1 unspecified atom stereocenters. The third kappa shape index (κ3) is 6.88. The van der Waals surface area contributed by atoms with E-state index in [0.29, 0.717) is 24.1 Å². The number of carbonyl (C=O) groups excluding carboxylic acids is 3. The summed E-state index contributed by atoms with van der Waals surface area (Å²) in [5.41, 5.74) is 1.11. The number of hydrogen-bond donors (Lipinski definition) is 3. The molecule has 1 aromatic carbocycles. The minimum atomic E-state index is -1.10. The van der Waals surface area contributed by atoms with Crippen LogP contribution in [0.3, 0.4) is 0 Å². The van der Waals surface area contributed by atoms with E-state index in [0.717, 1.165) is 12.5 Å². The zero-order valence-corrected chi connectivity index (χ0v) is 15.2. The summed E-state index contributed by atoms with van der Waals surface area (Å²) in [5, 5.41) is 14.1. The van der Waals surface area contributed by atoms with Crippen LogP contribution in [0.25, 0.3) is 0 Å². The van der Waals surface area contributed by atoms with Crippen molar-refractivity contribution in [2.75, 3.05) is 5.32 Å². The summed E-state index contributed by atoms with van der Waals surface area (Å²) < 4.78 is 0. The van der Waals surface area contributed by atoms with Crippen LogP contribution in [0, 0.1) is 0 Å². The van der Waals surface area contributed by atoms with Gasteiger partial charge < -0.3 is 15.7 Å². The second kappa shape index (κ2) is 10.1. The van der Waals surface area contributed by atoms with E-state index in [2.05, 4.69) is 10.6 Å². The van der Waals surface area contributed by atoms with Crippen LogP contribution in [0.2, 0.25) is 0 Å². The molecule has 0 fully saturated rings. The molecule has 0 saturated carbocycles. The second-order valence-electron chi connectivity index (χ2n) is 5.96. The molecule has 3 N–H and O–H groups in total. The quantitative estimate of drug-likeness (QED) is 0.463. The highest BCUT2D eigenvalue weighted by Gasteiger charge is 2.20. The van der Waals surface area contributed by atoms with Gasteiger partial charge in [-0.2, -0.15) is 0 Å². The van der Waals surface area contributed by atoms with Crippen LogP contribution in [-0.4, -0.2) is 34.7 Å². The molecule has 0 spiro atoms. The number of rotatable bonds is 9. The van der Waals surface area contributed by atoms with Gasteiger partial charge in [-0.05, 0) is 44.5 Å². The van der Waals surface area contributed by atoms with Gasteiger partial charge in [-0.25, -0.2) is 4.79 Å². The lowest BCUT2D eigenvalue weighted by atomic mass is 10.1. The molecule has 0 saturated heterocycles. The van der Waals surface area contributed by atoms with Gasteiger partial charge in [0.25, 0.3) is 0 Å². The van der Waals surface area contributed by atoms with Crippen molar-refractivity contribution in [1.29, 1.82) is 0 Å². The number of benzene rings is 1.